The number of rotatable bonds is 4. The fraction of sp³-hybridized carbons (Fsp3) is 0.0714. The summed E-state index contributed by atoms with van der Waals surface area (Å²) in [6, 6.07) is 10.1. The molecule has 2 aromatic carbocycles. The summed E-state index contributed by atoms with van der Waals surface area (Å²) in [5.41, 5.74) is 6.75. The molecule has 1 amide bonds. The molecule has 0 aliphatic heterocycles. The molecule has 0 atom stereocenters. The van der Waals surface area contributed by atoms with Gasteiger partial charge in [0.25, 0.3) is 5.91 Å². The summed E-state index contributed by atoms with van der Waals surface area (Å²) in [6.07, 6.45) is 0. The Morgan fingerprint density at radius 1 is 1.24 bits per heavy atom. The second-order valence-electron chi connectivity index (χ2n) is 4.12. The Balaban J connectivity index is 1.99. The lowest BCUT2D eigenvalue weighted by atomic mass is 10.3. The molecule has 0 saturated carbocycles. The van der Waals surface area contributed by atoms with E-state index >= 15 is 0 Å². The molecule has 0 bridgehead atoms. The molecule has 110 valence electrons. The number of nitrogens with two attached hydrogens (primary N) is 1. The van der Waals surface area contributed by atoms with Gasteiger partial charge in [0.05, 0.1) is 21.4 Å². The smallest absolute Gasteiger partial charge is 0.262 e. The van der Waals surface area contributed by atoms with Gasteiger partial charge in [-0.25, -0.2) is 0 Å². The molecule has 2 aromatic rings. The highest BCUT2D eigenvalue weighted by molar-refractivity contribution is 9.10. The summed E-state index contributed by atoms with van der Waals surface area (Å²) >= 11 is 15.2. The number of carbonyl (C=O) groups is 1. The highest BCUT2D eigenvalue weighted by atomic mass is 79.9. The number of para-hydroxylation sites is 2. The number of nitrogens with one attached hydrogen (secondary N) is 1. The van der Waals surface area contributed by atoms with Crippen LogP contribution in [0.15, 0.2) is 40.9 Å². The van der Waals surface area contributed by atoms with Crippen molar-refractivity contribution in [3.05, 3.63) is 50.9 Å². The maximum Gasteiger partial charge on any atom is 0.262 e. The van der Waals surface area contributed by atoms with E-state index < -0.39 is 0 Å². The zero-order valence-electron chi connectivity index (χ0n) is 10.7. The Labute approximate surface area is 140 Å². The number of hydrogen-bond acceptors (Lipinski definition) is 3. The number of anilines is 2. The van der Waals surface area contributed by atoms with Gasteiger partial charge in [-0.15, -0.1) is 0 Å². The number of amides is 1. The number of hydrogen-bond donors (Lipinski definition) is 2. The summed E-state index contributed by atoms with van der Waals surface area (Å²) in [5, 5.41) is 3.46. The standard InChI is InChI=1S/C14H11BrCl2N2O2/c15-8-5-10(17)13(6-9(8)16)21-7-14(20)19-12-4-2-1-3-11(12)18/h1-6H,7,18H2,(H,19,20). The lowest BCUT2D eigenvalue weighted by Gasteiger charge is -2.11. The van der Waals surface area contributed by atoms with Gasteiger partial charge >= 0.3 is 0 Å². The van der Waals surface area contributed by atoms with E-state index in [0.29, 0.717) is 31.6 Å². The summed E-state index contributed by atoms with van der Waals surface area (Å²) in [4.78, 5) is 11.8. The second-order valence-corrected chi connectivity index (χ2v) is 5.79. The fourth-order valence-corrected chi connectivity index (χ4v) is 2.40. The first-order valence-electron chi connectivity index (χ1n) is 5.89. The third-order valence-electron chi connectivity index (χ3n) is 2.57. The minimum absolute atomic E-state index is 0.202. The largest absolute Gasteiger partial charge is 0.482 e. The van der Waals surface area contributed by atoms with Crippen LogP contribution in [-0.4, -0.2) is 12.5 Å². The summed E-state index contributed by atoms with van der Waals surface area (Å²) in [6.45, 7) is -0.202. The quantitative estimate of drug-likeness (QED) is 0.603. The molecule has 3 N–H and O–H groups in total. The average Bonchev–Trinajstić information content (AvgIpc) is 2.44. The number of ether oxygens (including phenoxy) is 1. The van der Waals surface area contributed by atoms with Crippen molar-refractivity contribution in [3.63, 3.8) is 0 Å². The summed E-state index contributed by atoms with van der Waals surface area (Å²) in [5.74, 6) is -0.0101. The molecule has 0 radical (unpaired) electrons. The number of halogens is 3. The Kier molecular flexibility index (Phi) is 5.33. The molecule has 0 fully saturated rings. The van der Waals surface area contributed by atoms with Crippen LogP contribution in [0.4, 0.5) is 11.4 Å². The number of benzene rings is 2. The van der Waals surface area contributed by atoms with Gasteiger partial charge in [0.15, 0.2) is 6.61 Å². The van der Waals surface area contributed by atoms with Crippen molar-refractivity contribution in [2.45, 2.75) is 0 Å². The van der Waals surface area contributed by atoms with Crippen molar-refractivity contribution in [1.82, 2.24) is 0 Å². The van der Waals surface area contributed by atoms with Crippen LogP contribution in [0.1, 0.15) is 0 Å². The highest BCUT2D eigenvalue weighted by Crippen LogP contribution is 2.34. The number of carbonyl (C=O) groups excluding carboxylic acids is 1. The minimum atomic E-state index is -0.344. The van der Waals surface area contributed by atoms with Crippen LogP contribution < -0.4 is 15.8 Å². The van der Waals surface area contributed by atoms with Crippen molar-refractivity contribution in [1.29, 1.82) is 0 Å². The van der Waals surface area contributed by atoms with Gasteiger partial charge in [-0.1, -0.05) is 35.3 Å². The summed E-state index contributed by atoms with van der Waals surface area (Å²) in [7, 11) is 0. The van der Waals surface area contributed by atoms with Gasteiger partial charge in [0.2, 0.25) is 0 Å². The first-order valence-corrected chi connectivity index (χ1v) is 7.44. The molecule has 4 nitrogen and oxygen atoms in total. The number of nitrogen functional groups attached to an aromatic ring is 1. The van der Waals surface area contributed by atoms with Crippen molar-refractivity contribution >= 4 is 56.4 Å². The van der Waals surface area contributed by atoms with Crippen molar-refractivity contribution < 1.29 is 9.53 Å². The third kappa shape index (κ3) is 4.27. The molecule has 0 aliphatic carbocycles. The van der Waals surface area contributed by atoms with E-state index in [1.165, 1.54) is 6.07 Å². The lowest BCUT2D eigenvalue weighted by Crippen LogP contribution is -2.20. The summed E-state index contributed by atoms with van der Waals surface area (Å²) < 4.78 is 6.01. The second kappa shape index (κ2) is 7.02. The molecule has 0 heterocycles. The van der Waals surface area contributed by atoms with E-state index in [9.17, 15) is 4.79 Å². The van der Waals surface area contributed by atoms with Gasteiger partial charge < -0.3 is 15.8 Å². The first kappa shape index (κ1) is 15.9. The fourth-order valence-electron chi connectivity index (χ4n) is 1.56. The molecule has 21 heavy (non-hydrogen) atoms. The van der Waals surface area contributed by atoms with Crippen LogP contribution in [0.3, 0.4) is 0 Å². The Bertz CT molecular complexity index is 680. The Hall–Kier alpha value is -1.43. The van der Waals surface area contributed by atoms with Crippen molar-refractivity contribution in [2.75, 3.05) is 17.7 Å². The highest BCUT2D eigenvalue weighted by Gasteiger charge is 2.10. The van der Waals surface area contributed by atoms with Crippen LogP contribution in [0.2, 0.25) is 10.0 Å². The molecule has 7 heteroatoms. The maximum absolute atomic E-state index is 11.8. The SMILES string of the molecule is Nc1ccccc1NC(=O)COc1cc(Cl)c(Br)cc1Cl. The van der Waals surface area contributed by atoms with E-state index in [4.69, 9.17) is 33.7 Å². The third-order valence-corrected chi connectivity index (χ3v) is 4.06. The molecular weight excluding hydrogens is 379 g/mol. The van der Waals surface area contributed by atoms with Crippen LogP contribution in [0.25, 0.3) is 0 Å². The van der Waals surface area contributed by atoms with Crippen LogP contribution in [0, 0.1) is 0 Å². The van der Waals surface area contributed by atoms with Crippen molar-refractivity contribution in [3.8, 4) is 5.75 Å². The van der Waals surface area contributed by atoms with Crippen LogP contribution >= 0.6 is 39.1 Å². The van der Waals surface area contributed by atoms with Gasteiger partial charge in [-0.2, -0.15) is 0 Å². The van der Waals surface area contributed by atoms with E-state index in [2.05, 4.69) is 21.2 Å². The zero-order chi connectivity index (χ0) is 15.4. The van der Waals surface area contributed by atoms with Crippen LogP contribution in [-0.2, 0) is 4.79 Å². The Morgan fingerprint density at radius 2 is 1.95 bits per heavy atom. The van der Waals surface area contributed by atoms with Gasteiger partial charge in [-0.05, 0) is 34.1 Å². The van der Waals surface area contributed by atoms with Gasteiger partial charge in [0, 0.05) is 10.5 Å². The molecule has 2 rings (SSSR count). The monoisotopic (exact) mass is 388 g/mol. The van der Waals surface area contributed by atoms with E-state index in [-0.39, 0.29) is 12.5 Å². The Morgan fingerprint density at radius 3 is 2.67 bits per heavy atom. The van der Waals surface area contributed by atoms with Gasteiger partial charge in [0.1, 0.15) is 5.75 Å². The predicted molar refractivity (Wildman–Crippen MR) is 89.1 cm³/mol. The first-order chi connectivity index (χ1) is 9.97. The predicted octanol–water partition coefficient (Wildman–Crippen LogP) is 4.36. The van der Waals surface area contributed by atoms with Gasteiger partial charge in [-0.3, -0.25) is 4.79 Å². The topological polar surface area (TPSA) is 64.3 Å². The molecule has 0 aliphatic rings. The zero-order valence-corrected chi connectivity index (χ0v) is 13.8. The average molecular weight is 390 g/mol. The molecule has 0 spiro atoms. The normalized spacial score (nSPS) is 10.2. The lowest BCUT2D eigenvalue weighted by molar-refractivity contribution is -0.118. The maximum atomic E-state index is 11.8. The van der Waals surface area contributed by atoms with Crippen molar-refractivity contribution in [2.24, 2.45) is 0 Å². The molecule has 0 unspecified atom stereocenters. The van der Waals surface area contributed by atoms with E-state index in [1.807, 2.05) is 0 Å². The van der Waals surface area contributed by atoms with Crippen LogP contribution in [0.5, 0.6) is 5.75 Å². The van der Waals surface area contributed by atoms with E-state index in [1.54, 1.807) is 30.3 Å². The van der Waals surface area contributed by atoms with E-state index in [0.717, 1.165) is 0 Å². The minimum Gasteiger partial charge on any atom is -0.482 e. The molecule has 0 saturated heterocycles. The molecule has 0 aromatic heterocycles. The molecular formula is C14H11BrCl2N2O2.